The van der Waals surface area contributed by atoms with Gasteiger partial charge in [0.1, 0.15) is 0 Å². The highest BCUT2D eigenvalue weighted by Crippen LogP contribution is 2.29. The average molecular weight is 229 g/mol. The first-order valence-corrected chi connectivity index (χ1v) is 5.32. The largest absolute Gasteiger partial charge is 0.383 e. The average Bonchev–Trinajstić information content (AvgIpc) is 2.94. The Morgan fingerprint density at radius 2 is 2.19 bits per heavy atom. The van der Waals surface area contributed by atoms with Crippen molar-refractivity contribution in [2.24, 2.45) is 11.7 Å². The van der Waals surface area contributed by atoms with Crippen LogP contribution in [0.5, 0.6) is 0 Å². The van der Waals surface area contributed by atoms with E-state index in [0.29, 0.717) is 13.2 Å². The van der Waals surface area contributed by atoms with Gasteiger partial charge in [0.25, 0.3) is 0 Å². The molecule has 2 atom stereocenters. The van der Waals surface area contributed by atoms with Crippen molar-refractivity contribution in [3.63, 3.8) is 0 Å². The van der Waals surface area contributed by atoms with Gasteiger partial charge in [-0.15, -0.1) is 0 Å². The summed E-state index contributed by atoms with van der Waals surface area (Å²) < 4.78 is 4.80. The number of hydrogen-bond acceptors (Lipinski definition) is 4. The van der Waals surface area contributed by atoms with Crippen LogP contribution in [0.1, 0.15) is 6.42 Å². The Morgan fingerprint density at radius 3 is 2.69 bits per heavy atom. The predicted octanol–water partition coefficient (Wildman–Crippen LogP) is -1.45. The third-order valence-electron chi connectivity index (χ3n) is 2.54. The van der Waals surface area contributed by atoms with E-state index in [1.807, 2.05) is 0 Å². The van der Waals surface area contributed by atoms with E-state index in [2.05, 4.69) is 5.32 Å². The van der Waals surface area contributed by atoms with E-state index in [0.717, 1.165) is 6.42 Å². The fourth-order valence-corrected chi connectivity index (χ4v) is 1.42. The van der Waals surface area contributed by atoms with Gasteiger partial charge in [0, 0.05) is 26.7 Å². The van der Waals surface area contributed by atoms with E-state index in [-0.39, 0.29) is 30.3 Å². The van der Waals surface area contributed by atoms with E-state index in [1.165, 1.54) is 4.90 Å². The minimum absolute atomic E-state index is 0.0218. The fourth-order valence-electron chi connectivity index (χ4n) is 1.42. The summed E-state index contributed by atoms with van der Waals surface area (Å²) in [7, 11) is 3.18. The van der Waals surface area contributed by atoms with Crippen molar-refractivity contribution in [1.29, 1.82) is 0 Å². The lowest BCUT2D eigenvalue weighted by molar-refractivity contribution is -0.135. The van der Waals surface area contributed by atoms with Crippen LogP contribution >= 0.6 is 0 Å². The highest BCUT2D eigenvalue weighted by molar-refractivity contribution is 5.87. The van der Waals surface area contributed by atoms with Crippen molar-refractivity contribution in [2.45, 2.75) is 12.5 Å². The Hall–Kier alpha value is -1.14. The minimum atomic E-state index is -0.179. The smallest absolute Gasteiger partial charge is 0.239 e. The van der Waals surface area contributed by atoms with Crippen LogP contribution < -0.4 is 11.1 Å². The maximum absolute atomic E-state index is 11.6. The summed E-state index contributed by atoms with van der Waals surface area (Å²) in [5, 5.41) is 2.65. The molecule has 0 aromatic carbocycles. The van der Waals surface area contributed by atoms with Gasteiger partial charge in [-0.1, -0.05) is 0 Å². The molecule has 2 amide bonds. The van der Waals surface area contributed by atoms with E-state index < -0.39 is 0 Å². The second-order valence-electron chi connectivity index (χ2n) is 4.04. The maximum Gasteiger partial charge on any atom is 0.239 e. The van der Waals surface area contributed by atoms with Crippen LogP contribution in [0.4, 0.5) is 0 Å². The molecule has 1 aliphatic rings. The van der Waals surface area contributed by atoms with Crippen molar-refractivity contribution >= 4 is 11.8 Å². The first-order valence-electron chi connectivity index (χ1n) is 5.32. The highest BCUT2D eigenvalue weighted by atomic mass is 16.5. The zero-order valence-electron chi connectivity index (χ0n) is 9.73. The van der Waals surface area contributed by atoms with Crippen LogP contribution in [0.25, 0.3) is 0 Å². The molecule has 0 spiro atoms. The summed E-state index contributed by atoms with van der Waals surface area (Å²) in [6.07, 6.45) is 0.731. The molecule has 0 heterocycles. The van der Waals surface area contributed by atoms with Crippen LogP contribution in [0.3, 0.4) is 0 Å². The second kappa shape index (κ2) is 5.81. The van der Waals surface area contributed by atoms with E-state index >= 15 is 0 Å². The van der Waals surface area contributed by atoms with Gasteiger partial charge in [-0.3, -0.25) is 9.59 Å². The Bertz CT molecular complexity index is 270. The monoisotopic (exact) mass is 229 g/mol. The van der Waals surface area contributed by atoms with Crippen LogP contribution in [0.15, 0.2) is 0 Å². The Labute approximate surface area is 95.1 Å². The van der Waals surface area contributed by atoms with Crippen molar-refractivity contribution in [3.8, 4) is 0 Å². The van der Waals surface area contributed by atoms with Crippen molar-refractivity contribution in [1.82, 2.24) is 10.2 Å². The number of methoxy groups -OCH3 is 1. The number of rotatable bonds is 6. The SMILES string of the molecule is COCCNC(=O)CN(C)C(=O)C1CC1N. The number of carbonyl (C=O) groups is 2. The molecule has 92 valence electrons. The lowest BCUT2D eigenvalue weighted by atomic mass is 10.3. The summed E-state index contributed by atoms with van der Waals surface area (Å²) >= 11 is 0. The lowest BCUT2D eigenvalue weighted by Gasteiger charge is -2.16. The van der Waals surface area contributed by atoms with E-state index in [1.54, 1.807) is 14.2 Å². The number of nitrogens with one attached hydrogen (secondary N) is 1. The normalized spacial score (nSPS) is 22.7. The number of amides is 2. The molecule has 16 heavy (non-hydrogen) atoms. The molecule has 6 heteroatoms. The number of nitrogens with zero attached hydrogens (tertiary/aromatic N) is 1. The summed E-state index contributed by atoms with van der Waals surface area (Å²) in [5.74, 6) is -0.312. The number of likely N-dealkylation sites (N-methyl/N-ethyl adjacent to an activating group) is 1. The van der Waals surface area contributed by atoms with E-state index in [9.17, 15) is 9.59 Å². The molecule has 0 aliphatic heterocycles. The molecule has 1 saturated carbocycles. The molecule has 0 radical (unpaired) electrons. The van der Waals surface area contributed by atoms with Crippen molar-refractivity contribution in [3.05, 3.63) is 0 Å². The summed E-state index contributed by atoms with van der Waals surface area (Å²) in [6.45, 7) is 1.00. The standard InChI is InChI=1S/C10H19N3O3/c1-13(10(15)7-5-8(7)11)6-9(14)12-3-4-16-2/h7-8H,3-6,11H2,1-2H3,(H,12,14). The van der Waals surface area contributed by atoms with Gasteiger partial charge in [0.2, 0.25) is 11.8 Å². The maximum atomic E-state index is 11.6. The molecule has 6 nitrogen and oxygen atoms in total. The summed E-state index contributed by atoms with van der Waals surface area (Å²) in [6, 6.07) is -0.0218. The summed E-state index contributed by atoms with van der Waals surface area (Å²) in [5.41, 5.74) is 5.57. The minimum Gasteiger partial charge on any atom is -0.383 e. The second-order valence-corrected chi connectivity index (χ2v) is 4.04. The predicted molar refractivity (Wildman–Crippen MR) is 58.6 cm³/mol. The van der Waals surface area contributed by atoms with Crippen molar-refractivity contribution in [2.75, 3.05) is 33.9 Å². The third-order valence-corrected chi connectivity index (χ3v) is 2.54. The number of ether oxygens (including phenoxy) is 1. The van der Waals surface area contributed by atoms with Gasteiger partial charge < -0.3 is 20.7 Å². The van der Waals surface area contributed by atoms with Gasteiger partial charge in [0.15, 0.2) is 0 Å². The van der Waals surface area contributed by atoms with Gasteiger partial charge >= 0.3 is 0 Å². The van der Waals surface area contributed by atoms with Crippen LogP contribution in [0.2, 0.25) is 0 Å². The van der Waals surface area contributed by atoms with Crippen LogP contribution in [-0.4, -0.2) is 56.6 Å². The number of hydrogen-bond donors (Lipinski definition) is 2. The molecule has 0 bridgehead atoms. The van der Waals surface area contributed by atoms with Crippen LogP contribution in [0, 0.1) is 5.92 Å². The molecule has 1 fully saturated rings. The van der Waals surface area contributed by atoms with Crippen molar-refractivity contribution < 1.29 is 14.3 Å². The number of carbonyl (C=O) groups excluding carboxylic acids is 2. The highest BCUT2D eigenvalue weighted by Gasteiger charge is 2.41. The first kappa shape index (κ1) is 12.9. The summed E-state index contributed by atoms with van der Waals surface area (Å²) in [4.78, 5) is 24.4. The Morgan fingerprint density at radius 1 is 1.56 bits per heavy atom. The lowest BCUT2D eigenvalue weighted by Crippen LogP contribution is -2.40. The van der Waals surface area contributed by atoms with E-state index in [4.69, 9.17) is 10.5 Å². The van der Waals surface area contributed by atoms with Crippen LogP contribution in [-0.2, 0) is 14.3 Å². The molecular formula is C10H19N3O3. The molecular weight excluding hydrogens is 210 g/mol. The first-order chi connectivity index (χ1) is 7.56. The number of nitrogens with two attached hydrogens (primary N) is 1. The quantitative estimate of drug-likeness (QED) is 0.546. The molecule has 0 saturated heterocycles. The third kappa shape index (κ3) is 3.79. The molecule has 1 rings (SSSR count). The molecule has 1 aliphatic carbocycles. The topological polar surface area (TPSA) is 84.7 Å². The molecule has 0 aromatic rings. The van der Waals surface area contributed by atoms with Gasteiger partial charge in [-0.05, 0) is 6.42 Å². The molecule has 0 aromatic heterocycles. The fraction of sp³-hybridized carbons (Fsp3) is 0.800. The van der Waals surface area contributed by atoms with Gasteiger partial charge in [-0.25, -0.2) is 0 Å². The zero-order chi connectivity index (χ0) is 12.1. The van der Waals surface area contributed by atoms with Gasteiger partial charge in [0.05, 0.1) is 19.1 Å². The van der Waals surface area contributed by atoms with Gasteiger partial charge in [-0.2, -0.15) is 0 Å². The molecule has 2 unspecified atom stereocenters. The Balaban J connectivity index is 2.20. The zero-order valence-corrected chi connectivity index (χ0v) is 9.73. The molecule has 3 N–H and O–H groups in total. The Kier molecular flexibility index (Phi) is 4.70.